The summed E-state index contributed by atoms with van der Waals surface area (Å²) in [6.45, 7) is 3.37. The van der Waals surface area contributed by atoms with Crippen molar-refractivity contribution in [3.05, 3.63) is 49.7 Å². The molecular formula is C24H27NO9. The van der Waals surface area contributed by atoms with Crippen molar-refractivity contribution in [2.75, 3.05) is 14.1 Å². The normalized spacial score (nSPS) is 33.0. The van der Waals surface area contributed by atoms with Crippen LogP contribution in [0.1, 0.15) is 61.9 Å². The molecule has 10 nitrogen and oxygen atoms in total. The van der Waals surface area contributed by atoms with E-state index >= 15 is 0 Å². The topological polar surface area (TPSA) is 136 Å². The lowest BCUT2D eigenvalue weighted by Crippen LogP contribution is -2.50. The highest BCUT2D eigenvalue weighted by molar-refractivity contribution is 5.88. The molecule has 0 aliphatic carbocycles. The number of aliphatic hydroxyl groups is 1. The Hall–Kier alpha value is -2.79. The molecule has 7 atom stereocenters. The maximum atomic E-state index is 13.7. The molecule has 3 aliphatic heterocycles. The third kappa shape index (κ3) is 3.44. The fraction of sp³-hybridized carbons (Fsp3) is 0.542. The predicted molar refractivity (Wildman–Crippen MR) is 119 cm³/mol. The fourth-order valence-corrected chi connectivity index (χ4v) is 5.31. The third-order valence-electron chi connectivity index (χ3n) is 7.10. The van der Waals surface area contributed by atoms with Crippen molar-refractivity contribution in [1.82, 2.24) is 4.90 Å². The summed E-state index contributed by atoms with van der Waals surface area (Å²) in [5, 5.41) is 21.5. The first-order valence-corrected chi connectivity index (χ1v) is 11.3. The monoisotopic (exact) mass is 473 g/mol. The van der Waals surface area contributed by atoms with E-state index in [1.807, 2.05) is 19.0 Å². The van der Waals surface area contributed by atoms with Crippen LogP contribution in [-0.4, -0.2) is 59.5 Å². The van der Waals surface area contributed by atoms with Crippen molar-refractivity contribution in [2.45, 2.75) is 69.4 Å². The van der Waals surface area contributed by atoms with Crippen LogP contribution in [-0.2, 0) is 19.0 Å². The molecule has 4 heterocycles. The van der Waals surface area contributed by atoms with Crippen molar-refractivity contribution in [3.63, 3.8) is 0 Å². The molecule has 2 aromatic rings. The number of nitrogens with zero attached hydrogens (tertiary/aromatic N) is 1. The zero-order chi connectivity index (χ0) is 24.5. The lowest BCUT2D eigenvalue weighted by Gasteiger charge is -2.41. The van der Waals surface area contributed by atoms with Crippen LogP contribution >= 0.6 is 0 Å². The van der Waals surface area contributed by atoms with E-state index in [1.54, 1.807) is 13.8 Å². The largest absolute Gasteiger partial charge is 0.507 e. The second-order valence-electron chi connectivity index (χ2n) is 9.44. The number of fused-ring (bicyclic) bond motifs is 4. The Labute approximate surface area is 194 Å². The van der Waals surface area contributed by atoms with E-state index in [2.05, 4.69) is 0 Å². The summed E-state index contributed by atoms with van der Waals surface area (Å²) >= 11 is 0. The lowest BCUT2D eigenvalue weighted by atomic mass is 9.90. The molecule has 0 bridgehead atoms. The van der Waals surface area contributed by atoms with Crippen molar-refractivity contribution in [2.24, 2.45) is 0 Å². The number of phenolic OH excluding ortho intramolecular Hbond substituents is 1. The minimum absolute atomic E-state index is 0.00400. The SMILES string of the molecule is CC1OC2CC(=O)OC2c2oc(=O)c3ccc(C4CC(N(C)C)C(O)C(C)O4)c(O)c3c(=O)c21. The van der Waals surface area contributed by atoms with Gasteiger partial charge in [-0.1, -0.05) is 6.07 Å². The molecule has 0 radical (unpaired) electrons. The van der Waals surface area contributed by atoms with Gasteiger partial charge in [0.1, 0.15) is 11.9 Å². The number of aliphatic hydroxyl groups excluding tert-OH is 1. The first-order chi connectivity index (χ1) is 16.1. The summed E-state index contributed by atoms with van der Waals surface area (Å²) < 4.78 is 22.6. The zero-order valence-electron chi connectivity index (χ0n) is 19.3. The molecule has 5 rings (SSSR count). The number of benzene rings is 1. The van der Waals surface area contributed by atoms with E-state index in [4.69, 9.17) is 18.6 Å². The van der Waals surface area contributed by atoms with Gasteiger partial charge in [-0.3, -0.25) is 9.59 Å². The minimum Gasteiger partial charge on any atom is -0.507 e. The number of rotatable bonds is 2. The lowest BCUT2D eigenvalue weighted by molar-refractivity contribution is -0.144. The van der Waals surface area contributed by atoms with Crippen LogP contribution in [0.3, 0.4) is 0 Å². The quantitative estimate of drug-likeness (QED) is 0.617. The van der Waals surface area contributed by atoms with Crippen LogP contribution in [0.4, 0.5) is 0 Å². The number of aromatic hydroxyl groups is 1. The van der Waals surface area contributed by atoms with Gasteiger partial charge >= 0.3 is 11.6 Å². The first kappa shape index (κ1) is 23.0. The maximum absolute atomic E-state index is 13.7. The van der Waals surface area contributed by atoms with Crippen LogP contribution < -0.4 is 11.1 Å². The van der Waals surface area contributed by atoms with Crippen molar-refractivity contribution >= 4 is 16.7 Å². The van der Waals surface area contributed by atoms with E-state index in [1.165, 1.54) is 12.1 Å². The molecule has 1 aromatic carbocycles. The highest BCUT2D eigenvalue weighted by Crippen LogP contribution is 2.43. The average Bonchev–Trinajstić information content (AvgIpc) is 3.09. The van der Waals surface area contributed by atoms with Crippen LogP contribution in [0, 0.1) is 0 Å². The molecule has 0 amide bonds. The average molecular weight is 473 g/mol. The van der Waals surface area contributed by atoms with E-state index < -0.39 is 53.6 Å². The van der Waals surface area contributed by atoms with Crippen LogP contribution in [0.2, 0.25) is 0 Å². The Morgan fingerprint density at radius 1 is 1.09 bits per heavy atom. The second-order valence-corrected chi connectivity index (χ2v) is 9.44. The van der Waals surface area contributed by atoms with Crippen LogP contribution in [0.15, 0.2) is 26.1 Å². The van der Waals surface area contributed by atoms with Crippen molar-refractivity contribution < 1.29 is 33.6 Å². The van der Waals surface area contributed by atoms with Gasteiger partial charge in [0.25, 0.3) is 0 Å². The summed E-state index contributed by atoms with van der Waals surface area (Å²) in [5.74, 6) is -0.926. The maximum Gasteiger partial charge on any atom is 0.344 e. The van der Waals surface area contributed by atoms with Crippen molar-refractivity contribution in [3.8, 4) is 5.75 Å². The van der Waals surface area contributed by atoms with Crippen molar-refractivity contribution in [1.29, 1.82) is 0 Å². The molecule has 2 N–H and O–H groups in total. The standard InChI is InChI=1S/C24H27NO9/c1-9-17-21(29)18-12(24(30)34-23(17)22-15(31-9)8-16(26)33-22)6-5-11(20(18)28)14-7-13(25(3)4)19(27)10(2)32-14/h5-6,9-10,13-15,19,22,27-28H,7-8H2,1-4H3. The number of carbonyl (C=O) groups is 1. The van der Waals surface area contributed by atoms with E-state index in [0.29, 0.717) is 12.0 Å². The molecule has 0 saturated carbocycles. The molecule has 7 unspecified atom stereocenters. The molecular weight excluding hydrogens is 446 g/mol. The number of likely N-dealkylation sites (N-methyl/N-ethyl adjacent to an activating group) is 1. The summed E-state index contributed by atoms with van der Waals surface area (Å²) in [7, 11) is 3.70. The van der Waals surface area contributed by atoms with Gasteiger partial charge in [0.15, 0.2) is 17.3 Å². The Bertz CT molecular complexity index is 1290. The molecule has 182 valence electrons. The summed E-state index contributed by atoms with van der Waals surface area (Å²) in [4.78, 5) is 40.4. The first-order valence-electron chi connectivity index (χ1n) is 11.3. The molecule has 34 heavy (non-hydrogen) atoms. The highest BCUT2D eigenvalue weighted by atomic mass is 16.6. The predicted octanol–water partition coefficient (Wildman–Crippen LogP) is 1.45. The molecule has 2 fully saturated rings. The molecule has 10 heteroatoms. The van der Waals surface area contributed by atoms with Gasteiger partial charge in [0.05, 0.1) is 47.2 Å². The molecule has 1 aromatic heterocycles. The third-order valence-corrected chi connectivity index (χ3v) is 7.10. The zero-order valence-corrected chi connectivity index (χ0v) is 19.3. The van der Waals surface area contributed by atoms with Gasteiger partial charge in [-0.15, -0.1) is 0 Å². The second kappa shape index (κ2) is 8.16. The number of hydrogen-bond acceptors (Lipinski definition) is 10. The van der Waals surface area contributed by atoms with E-state index in [0.717, 1.165) is 0 Å². The smallest absolute Gasteiger partial charge is 0.344 e. The van der Waals surface area contributed by atoms with Gasteiger partial charge in [0.2, 0.25) is 0 Å². The Kier molecular flexibility index (Phi) is 5.51. The van der Waals surface area contributed by atoms with Gasteiger partial charge in [0, 0.05) is 11.6 Å². The number of hydrogen-bond donors (Lipinski definition) is 2. The molecule has 3 aliphatic rings. The molecule has 0 spiro atoms. The number of phenols is 1. The highest BCUT2D eigenvalue weighted by Gasteiger charge is 2.46. The van der Waals surface area contributed by atoms with Gasteiger partial charge in [-0.05, 0) is 40.4 Å². The Morgan fingerprint density at radius 3 is 2.53 bits per heavy atom. The summed E-state index contributed by atoms with van der Waals surface area (Å²) in [6, 6.07) is 2.73. The minimum atomic E-state index is -0.993. The van der Waals surface area contributed by atoms with Gasteiger partial charge in [-0.25, -0.2) is 4.79 Å². The van der Waals surface area contributed by atoms with Gasteiger partial charge in [-0.2, -0.15) is 0 Å². The van der Waals surface area contributed by atoms with Crippen LogP contribution in [0.25, 0.3) is 10.8 Å². The fourth-order valence-electron chi connectivity index (χ4n) is 5.31. The molecule has 2 saturated heterocycles. The summed E-state index contributed by atoms with van der Waals surface area (Å²) in [5.41, 5.74) is -1.08. The summed E-state index contributed by atoms with van der Waals surface area (Å²) in [6.07, 6.45) is -3.91. The number of ether oxygens (including phenoxy) is 3. The van der Waals surface area contributed by atoms with Gasteiger partial charge < -0.3 is 33.7 Å². The van der Waals surface area contributed by atoms with E-state index in [9.17, 15) is 24.6 Å². The number of carbonyl (C=O) groups excluding carboxylic acids is 1. The Morgan fingerprint density at radius 2 is 1.82 bits per heavy atom. The Balaban J connectivity index is 1.70. The number of esters is 1. The van der Waals surface area contributed by atoms with E-state index in [-0.39, 0.29) is 40.3 Å². The van der Waals surface area contributed by atoms with Crippen LogP contribution in [0.5, 0.6) is 5.75 Å².